The zero-order chi connectivity index (χ0) is 18.2. The van der Waals surface area contributed by atoms with E-state index in [4.69, 9.17) is 21.1 Å². The van der Waals surface area contributed by atoms with E-state index in [9.17, 15) is 4.79 Å². The van der Waals surface area contributed by atoms with Gasteiger partial charge in [-0.2, -0.15) is 0 Å². The molecule has 3 nitrogen and oxygen atoms in total. The second-order valence-corrected chi connectivity index (χ2v) is 6.21. The number of hydrogen-bond donors (Lipinski definition) is 0. The van der Waals surface area contributed by atoms with Crippen LogP contribution in [0.4, 0.5) is 0 Å². The first-order valence-corrected chi connectivity index (χ1v) is 8.83. The van der Waals surface area contributed by atoms with Crippen molar-refractivity contribution in [3.05, 3.63) is 83.9 Å². The fraction of sp³-hybridized carbons (Fsp3) is 0.136. The van der Waals surface area contributed by atoms with Crippen molar-refractivity contribution in [1.29, 1.82) is 0 Å². The van der Waals surface area contributed by atoms with Crippen molar-refractivity contribution in [3.63, 3.8) is 0 Å². The molecule has 3 rings (SSSR count). The minimum atomic E-state index is -0.267. The maximum absolute atomic E-state index is 11.9. The van der Waals surface area contributed by atoms with Crippen LogP contribution in [0.15, 0.2) is 78.9 Å². The molecule has 0 aromatic heterocycles. The summed E-state index contributed by atoms with van der Waals surface area (Å²) < 4.78 is 10.9. The van der Waals surface area contributed by atoms with Gasteiger partial charge in [0.1, 0.15) is 11.5 Å². The Morgan fingerprint density at radius 3 is 2.08 bits per heavy atom. The van der Waals surface area contributed by atoms with Gasteiger partial charge in [-0.1, -0.05) is 54.1 Å². The zero-order valence-corrected chi connectivity index (χ0v) is 15.0. The molecule has 0 radical (unpaired) electrons. The van der Waals surface area contributed by atoms with Crippen LogP contribution in [0.2, 0.25) is 5.02 Å². The smallest absolute Gasteiger partial charge is 0.311 e. The van der Waals surface area contributed by atoms with Crippen LogP contribution in [0.3, 0.4) is 0 Å². The third-order valence-corrected chi connectivity index (χ3v) is 4.05. The van der Waals surface area contributed by atoms with E-state index in [1.54, 1.807) is 24.3 Å². The van der Waals surface area contributed by atoms with Gasteiger partial charge >= 0.3 is 5.97 Å². The second-order valence-electron chi connectivity index (χ2n) is 5.77. The average molecular weight is 367 g/mol. The van der Waals surface area contributed by atoms with E-state index in [-0.39, 0.29) is 5.97 Å². The Hall–Kier alpha value is -2.78. The molecule has 0 heterocycles. The number of carbonyl (C=O) groups is 1. The van der Waals surface area contributed by atoms with E-state index < -0.39 is 0 Å². The van der Waals surface area contributed by atoms with Crippen LogP contribution in [-0.2, 0) is 4.79 Å². The van der Waals surface area contributed by atoms with Gasteiger partial charge in [0.25, 0.3) is 0 Å². The molecule has 0 N–H and O–H groups in total. The molecule has 0 spiro atoms. The van der Waals surface area contributed by atoms with Gasteiger partial charge in [0, 0.05) is 11.4 Å². The maximum Gasteiger partial charge on any atom is 0.311 e. The van der Waals surface area contributed by atoms with Gasteiger partial charge in [0.05, 0.1) is 6.61 Å². The number of hydrogen-bond acceptors (Lipinski definition) is 3. The van der Waals surface area contributed by atoms with E-state index >= 15 is 0 Å². The number of rotatable bonds is 7. The fourth-order valence-electron chi connectivity index (χ4n) is 2.47. The van der Waals surface area contributed by atoms with E-state index in [2.05, 4.69) is 0 Å². The number of halogens is 1. The normalized spacial score (nSPS) is 10.3. The molecular formula is C22H19ClO3. The Morgan fingerprint density at radius 2 is 1.38 bits per heavy atom. The minimum absolute atomic E-state index is 0.267. The predicted molar refractivity (Wildman–Crippen MR) is 104 cm³/mol. The van der Waals surface area contributed by atoms with Crippen LogP contribution in [0, 0.1) is 0 Å². The van der Waals surface area contributed by atoms with Crippen molar-refractivity contribution in [1.82, 2.24) is 0 Å². The van der Waals surface area contributed by atoms with Crippen molar-refractivity contribution in [3.8, 4) is 22.6 Å². The van der Waals surface area contributed by atoms with Crippen molar-refractivity contribution >= 4 is 17.6 Å². The maximum atomic E-state index is 11.9. The molecule has 132 valence electrons. The molecule has 3 aromatic rings. The summed E-state index contributed by atoms with van der Waals surface area (Å²) in [6, 6.07) is 24.7. The largest absolute Gasteiger partial charge is 0.494 e. The highest BCUT2D eigenvalue weighted by Crippen LogP contribution is 2.22. The predicted octanol–water partition coefficient (Wildman–Crippen LogP) is 5.77. The monoisotopic (exact) mass is 366 g/mol. The molecule has 0 bridgehead atoms. The Kier molecular flexibility index (Phi) is 6.29. The van der Waals surface area contributed by atoms with E-state index in [0.29, 0.717) is 30.2 Å². The SMILES string of the molecule is O=C(CCCOc1ccc(Cl)cc1)Oc1ccc(-c2ccccc2)cc1. The third-order valence-electron chi connectivity index (χ3n) is 3.80. The number of carbonyl (C=O) groups excluding carboxylic acids is 1. The highest BCUT2D eigenvalue weighted by atomic mass is 35.5. The van der Waals surface area contributed by atoms with Crippen molar-refractivity contribution in [2.45, 2.75) is 12.8 Å². The van der Waals surface area contributed by atoms with E-state index in [1.165, 1.54) is 0 Å². The lowest BCUT2D eigenvalue weighted by Gasteiger charge is -2.07. The lowest BCUT2D eigenvalue weighted by molar-refractivity contribution is -0.134. The molecule has 4 heteroatoms. The van der Waals surface area contributed by atoms with Gasteiger partial charge < -0.3 is 9.47 Å². The molecule has 0 aliphatic rings. The highest BCUT2D eigenvalue weighted by Gasteiger charge is 2.06. The van der Waals surface area contributed by atoms with E-state index in [0.717, 1.165) is 16.9 Å². The first-order valence-electron chi connectivity index (χ1n) is 8.45. The summed E-state index contributed by atoms with van der Waals surface area (Å²) in [5, 5.41) is 0.666. The molecule has 26 heavy (non-hydrogen) atoms. The van der Waals surface area contributed by atoms with Gasteiger partial charge in [0.15, 0.2) is 0 Å². The number of esters is 1. The lowest BCUT2D eigenvalue weighted by Crippen LogP contribution is -2.09. The highest BCUT2D eigenvalue weighted by molar-refractivity contribution is 6.30. The Labute approximate surface area is 158 Å². The quantitative estimate of drug-likeness (QED) is 0.302. The molecule has 0 fully saturated rings. The van der Waals surface area contributed by atoms with Crippen LogP contribution >= 0.6 is 11.6 Å². The topological polar surface area (TPSA) is 35.5 Å². The zero-order valence-electron chi connectivity index (χ0n) is 14.2. The van der Waals surface area contributed by atoms with Crippen LogP contribution in [0.1, 0.15) is 12.8 Å². The summed E-state index contributed by atoms with van der Waals surface area (Å²) in [4.78, 5) is 11.9. The summed E-state index contributed by atoms with van der Waals surface area (Å²) in [6.07, 6.45) is 0.886. The molecule has 0 atom stereocenters. The first kappa shape index (κ1) is 18.0. The Balaban J connectivity index is 1.42. The van der Waals surface area contributed by atoms with Crippen molar-refractivity contribution in [2.24, 2.45) is 0 Å². The van der Waals surface area contributed by atoms with Gasteiger partial charge in [-0.15, -0.1) is 0 Å². The van der Waals surface area contributed by atoms with Crippen molar-refractivity contribution in [2.75, 3.05) is 6.61 Å². The molecule has 0 aliphatic carbocycles. The van der Waals surface area contributed by atoms with Gasteiger partial charge in [0.2, 0.25) is 0 Å². The molecule has 0 saturated carbocycles. The molecule has 0 unspecified atom stereocenters. The minimum Gasteiger partial charge on any atom is -0.494 e. The standard InChI is InChI=1S/C22H19ClO3/c23-19-10-14-20(15-11-19)25-16-4-7-22(24)26-21-12-8-18(9-13-21)17-5-2-1-3-6-17/h1-3,5-6,8-15H,4,7,16H2. The van der Waals surface area contributed by atoms with E-state index in [1.807, 2.05) is 54.6 Å². The fourth-order valence-corrected chi connectivity index (χ4v) is 2.59. The summed E-state index contributed by atoms with van der Waals surface area (Å²) in [6.45, 7) is 0.448. The third kappa shape index (κ3) is 5.36. The summed E-state index contributed by atoms with van der Waals surface area (Å²) in [5.74, 6) is 1.02. The van der Waals surface area contributed by atoms with Gasteiger partial charge in [-0.25, -0.2) is 0 Å². The molecule has 0 saturated heterocycles. The number of ether oxygens (including phenoxy) is 2. The summed E-state index contributed by atoms with van der Waals surface area (Å²) >= 11 is 5.82. The van der Waals surface area contributed by atoms with Gasteiger partial charge in [-0.05, 0) is 53.9 Å². The molecule has 0 aliphatic heterocycles. The number of benzene rings is 3. The summed E-state index contributed by atoms with van der Waals surface area (Å²) in [7, 11) is 0. The van der Waals surface area contributed by atoms with Crippen LogP contribution in [0.5, 0.6) is 11.5 Å². The van der Waals surface area contributed by atoms with Gasteiger partial charge in [-0.3, -0.25) is 4.79 Å². The lowest BCUT2D eigenvalue weighted by atomic mass is 10.1. The summed E-state index contributed by atoms with van der Waals surface area (Å²) in [5.41, 5.74) is 2.21. The van der Waals surface area contributed by atoms with Crippen LogP contribution < -0.4 is 9.47 Å². The Bertz CT molecular complexity index is 828. The Morgan fingerprint density at radius 1 is 0.769 bits per heavy atom. The van der Waals surface area contributed by atoms with Crippen LogP contribution in [-0.4, -0.2) is 12.6 Å². The first-order chi connectivity index (χ1) is 12.7. The second kappa shape index (κ2) is 9.07. The molecular weight excluding hydrogens is 348 g/mol. The van der Waals surface area contributed by atoms with Crippen molar-refractivity contribution < 1.29 is 14.3 Å². The average Bonchev–Trinajstić information content (AvgIpc) is 2.68. The molecule has 0 amide bonds. The van der Waals surface area contributed by atoms with Crippen LogP contribution in [0.25, 0.3) is 11.1 Å². The molecule has 3 aromatic carbocycles.